The van der Waals surface area contributed by atoms with Gasteiger partial charge in [0.05, 0.1) is 11.7 Å². The van der Waals surface area contributed by atoms with Crippen molar-refractivity contribution >= 4 is 28.4 Å². The monoisotopic (exact) mass is 275 g/mol. The van der Waals surface area contributed by atoms with Crippen molar-refractivity contribution in [1.29, 1.82) is 0 Å². The highest BCUT2D eigenvalue weighted by Crippen LogP contribution is 2.30. The molecule has 0 radical (unpaired) electrons. The molecule has 3 aromatic rings. The molecule has 19 heavy (non-hydrogen) atoms. The normalized spacial score (nSPS) is 13.2. The Morgan fingerprint density at radius 3 is 2.89 bits per heavy atom. The molecular weight excluding hydrogens is 258 g/mol. The Morgan fingerprint density at radius 1 is 1.47 bits per heavy atom. The van der Waals surface area contributed by atoms with Gasteiger partial charge in [-0.1, -0.05) is 13.0 Å². The van der Waals surface area contributed by atoms with Gasteiger partial charge in [0, 0.05) is 11.9 Å². The molecule has 1 unspecified atom stereocenters. The molecule has 3 heterocycles. The van der Waals surface area contributed by atoms with Crippen molar-refractivity contribution in [3.63, 3.8) is 0 Å². The molecule has 2 N–H and O–H groups in total. The van der Waals surface area contributed by atoms with Crippen LogP contribution in [0.5, 0.6) is 0 Å². The molecule has 0 aliphatic carbocycles. The molecule has 1 atom stereocenters. The van der Waals surface area contributed by atoms with Gasteiger partial charge in [-0.3, -0.25) is 9.25 Å². The van der Waals surface area contributed by atoms with E-state index in [-0.39, 0.29) is 6.04 Å². The lowest BCUT2D eigenvalue weighted by atomic mass is 10.2. The van der Waals surface area contributed by atoms with Crippen LogP contribution in [-0.2, 0) is 13.5 Å². The highest BCUT2D eigenvalue weighted by Gasteiger charge is 2.21. The van der Waals surface area contributed by atoms with Crippen molar-refractivity contribution in [3.8, 4) is 0 Å². The smallest absolute Gasteiger partial charge is 0.203 e. The molecule has 100 valence electrons. The first-order valence-corrected chi connectivity index (χ1v) is 7.24. The van der Waals surface area contributed by atoms with Gasteiger partial charge in [0.2, 0.25) is 5.95 Å². The summed E-state index contributed by atoms with van der Waals surface area (Å²) in [5.41, 5.74) is 9.03. The van der Waals surface area contributed by atoms with E-state index in [1.54, 1.807) is 11.3 Å². The van der Waals surface area contributed by atoms with Crippen LogP contribution in [0.1, 0.15) is 30.5 Å². The number of thiophene rings is 1. The average Bonchev–Trinajstić information content (AvgIpc) is 3.06. The zero-order valence-electron chi connectivity index (χ0n) is 11.3. The van der Waals surface area contributed by atoms with E-state index in [0.29, 0.717) is 5.95 Å². The second-order valence-electron chi connectivity index (χ2n) is 4.63. The van der Waals surface area contributed by atoms with Crippen LogP contribution in [0.15, 0.2) is 17.5 Å². The van der Waals surface area contributed by atoms with Gasteiger partial charge in [0.15, 0.2) is 5.65 Å². The summed E-state index contributed by atoms with van der Waals surface area (Å²) in [7, 11) is 1.94. The van der Waals surface area contributed by atoms with Gasteiger partial charge in [0.1, 0.15) is 5.52 Å². The Balaban J connectivity index is 2.23. The van der Waals surface area contributed by atoms with Crippen LogP contribution in [0.3, 0.4) is 0 Å². The summed E-state index contributed by atoms with van der Waals surface area (Å²) in [6.07, 6.45) is 0.862. The Bertz CT molecular complexity index is 707. The van der Waals surface area contributed by atoms with E-state index in [4.69, 9.17) is 5.73 Å². The van der Waals surface area contributed by atoms with E-state index < -0.39 is 0 Å². The average molecular weight is 275 g/mol. The second kappa shape index (κ2) is 4.38. The summed E-state index contributed by atoms with van der Waals surface area (Å²) >= 11 is 1.73. The van der Waals surface area contributed by atoms with E-state index in [9.17, 15) is 0 Å². The van der Waals surface area contributed by atoms with Crippen LogP contribution in [0.4, 0.5) is 5.95 Å². The summed E-state index contributed by atoms with van der Waals surface area (Å²) < 4.78 is 3.94. The third kappa shape index (κ3) is 1.74. The number of aryl methyl sites for hydroxylation is 2. The molecule has 3 rings (SSSR count). The summed E-state index contributed by atoms with van der Waals surface area (Å²) in [6.45, 7) is 4.22. The van der Waals surface area contributed by atoms with Crippen molar-refractivity contribution in [2.75, 3.05) is 5.73 Å². The van der Waals surface area contributed by atoms with Crippen molar-refractivity contribution in [2.24, 2.45) is 7.05 Å². The number of nitrogens with two attached hydrogens (primary N) is 1. The Hall–Kier alpha value is -1.82. The first kappa shape index (κ1) is 12.2. The molecule has 0 aliphatic rings. The molecule has 0 aromatic carbocycles. The SMILES string of the molecule is CCc1nn(C)c2c1nc(N)n2C(C)c1cccs1. The third-order valence-corrected chi connectivity index (χ3v) is 4.48. The van der Waals surface area contributed by atoms with E-state index in [2.05, 4.69) is 46.0 Å². The number of nitrogens with zero attached hydrogens (tertiary/aromatic N) is 4. The number of anilines is 1. The lowest BCUT2D eigenvalue weighted by Crippen LogP contribution is -2.11. The number of rotatable bonds is 3. The van der Waals surface area contributed by atoms with Crippen molar-refractivity contribution in [3.05, 3.63) is 28.1 Å². The molecule has 0 bridgehead atoms. The first-order chi connectivity index (χ1) is 9.13. The maximum atomic E-state index is 6.11. The highest BCUT2D eigenvalue weighted by molar-refractivity contribution is 7.10. The topological polar surface area (TPSA) is 61.7 Å². The van der Waals surface area contributed by atoms with Crippen LogP contribution in [-0.4, -0.2) is 19.3 Å². The zero-order chi connectivity index (χ0) is 13.6. The van der Waals surface area contributed by atoms with Crippen LogP contribution in [0, 0.1) is 0 Å². The van der Waals surface area contributed by atoms with E-state index in [1.807, 2.05) is 11.7 Å². The molecule has 6 heteroatoms. The fourth-order valence-electron chi connectivity index (χ4n) is 2.50. The summed E-state index contributed by atoms with van der Waals surface area (Å²) in [5, 5.41) is 6.60. The summed E-state index contributed by atoms with van der Waals surface area (Å²) in [5.74, 6) is 0.554. The van der Waals surface area contributed by atoms with Crippen molar-refractivity contribution in [2.45, 2.75) is 26.3 Å². The number of imidazole rings is 1. The van der Waals surface area contributed by atoms with Crippen molar-refractivity contribution < 1.29 is 0 Å². The minimum atomic E-state index is 0.171. The van der Waals surface area contributed by atoms with Crippen LogP contribution >= 0.6 is 11.3 Å². The quantitative estimate of drug-likeness (QED) is 0.799. The predicted octanol–water partition coefficient (Wildman–Crippen LogP) is 2.59. The first-order valence-electron chi connectivity index (χ1n) is 6.36. The highest BCUT2D eigenvalue weighted by atomic mass is 32.1. The minimum Gasteiger partial charge on any atom is -0.369 e. The van der Waals surface area contributed by atoms with E-state index >= 15 is 0 Å². The van der Waals surface area contributed by atoms with Crippen LogP contribution in [0.2, 0.25) is 0 Å². The summed E-state index contributed by atoms with van der Waals surface area (Å²) in [6, 6.07) is 4.35. The molecule has 0 fully saturated rings. The maximum absolute atomic E-state index is 6.11. The minimum absolute atomic E-state index is 0.171. The van der Waals surface area contributed by atoms with Crippen LogP contribution < -0.4 is 5.73 Å². The van der Waals surface area contributed by atoms with Gasteiger partial charge < -0.3 is 5.73 Å². The van der Waals surface area contributed by atoms with Gasteiger partial charge >= 0.3 is 0 Å². The van der Waals surface area contributed by atoms with E-state index in [1.165, 1.54) is 4.88 Å². The Morgan fingerprint density at radius 2 is 2.26 bits per heavy atom. The number of fused-ring (bicyclic) bond motifs is 1. The van der Waals surface area contributed by atoms with Gasteiger partial charge in [-0.15, -0.1) is 11.3 Å². The molecule has 5 nitrogen and oxygen atoms in total. The molecule has 0 saturated heterocycles. The van der Waals surface area contributed by atoms with Gasteiger partial charge in [0.25, 0.3) is 0 Å². The zero-order valence-corrected chi connectivity index (χ0v) is 12.1. The molecule has 0 saturated carbocycles. The van der Waals surface area contributed by atoms with Crippen molar-refractivity contribution in [1.82, 2.24) is 19.3 Å². The van der Waals surface area contributed by atoms with Crippen LogP contribution in [0.25, 0.3) is 11.2 Å². The number of aromatic nitrogens is 4. The number of nitrogen functional groups attached to an aromatic ring is 1. The largest absolute Gasteiger partial charge is 0.369 e. The molecule has 0 spiro atoms. The molecule has 0 aliphatic heterocycles. The lowest BCUT2D eigenvalue weighted by Gasteiger charge is -2.14. The standard InChI is InChI=1S/C13H17N5S/c1-4-9-11-12(17(3)16-9)18(13(14)15-11)8(2)10-6-5-7-19-10/h5-8H,4H2,1-3H3,(H2,14,15). The van der Waals surface area contributed by atoms with Gasteiger partial charge in [-0.25, -0.2) is 4.98 Å². The Kier molecular flexibility index (Phi) is 2.82. The fraction of sp³-hybridized carbons (Fsp3) is 0.385. The molecule has 3 aromatic heterocycles. The Labute approximate surface area is 115 Å². The third-order valence-electron chi connectivity index (χ3n) is 3.44. The second-order valence-corrected chi connectivity index (χ2v) is 5.61. The lowest BCUT2D eigenvalue weighted by molar-refractivity contribution is 0.644. The van der Waals surface area contributed by atoms with E-state index in [0.717, 1.165) is 23.3 Å². The predicted molar refractivity (Wildman–Crippen MR) is 78.4 cm³/mol. The number of hydrogen-bond donors (Lipinski definition) is 1. The molecule has 0 amide bonds. The summed E-state index contributed by atoms with van der Waals surface area (Å²) in [4.78, 5) is 5.77. The maximum Gasteiger partial charge on any atom is 0.203 e. The fourth-order valence-corrected chi connectivity index (χ4v) is 3.27. The number of hydrogen-bond acceptors (Lipinski definition) is 4. The van der Waals surface area contributed by atoms with Gasteiger partial charge in [-0.2, -0.15) is 5.10 Å². The molecular formula is C13H17N5S. The van der Waals surface area contributed by atoms with Gasteiger partial charge in [-0.05, 0) is 24.8 Å².